The van der Waals surface area contributed by atoms with E-state index in [0.717, 1.165) is 81.0 Å². The number of halogens is 2. The molecule has 16 N–H and O–H groups in total. The number of carbonyl (C=O) groups excluding carboxylic acids is 7. The van der Waals surface area contributed by atoms with E-state index in [1.54, 1.807) is 0 Å². The molecule has 9 atom stereocenters. The number of ether oxygens (including phenoxy) is 3. The van der Waals surface area contributed by atoms with Gasteiger partial charge in [0.05, 0.1) is 10.0 Å². The Morgan fingerprint density at radius 1 is 0.536 bits per heavy atom. The highest BCUT2D eigenvalue weighted by Crippen LogP contribution is 2.61. The van der Waals surface area contributed by atoms with Gasteiger partial charge in [-0.05, 0) is 186 Å². The van der Waals surface area contributed by atoms with Gasteiger partial charge >= 0.3 is 0 Å². The summed E-state index contributed by atoms with van der Waals surface area (Å²) < 4.78 is 18.7. The highest BCUT2D eigenvalue weighted by molar-refractivity contribution is 6.32. The maximum Gasteiger partial charge on any atom is 0.248 e. The van der Waals surface area contributed by atoms with Crippen LogP contribution >= 0.6 is 23.2 Å². The van der Waals surface area contributed by atoms with Crippen LogP contribution in [-0.4, -0.2) is 95.2 Å². The summed E-state index contributed by atoms with van der Waals surface area (Å²) in [6.45, 7) is 1.91. The Morgan fingerprint density at radius 2 is 1.10 bits per heavy atom. The van der Waals surface area contributed by atoms with Crippen molar-refractivity contribution in [3.63, 3.8) is 0 Å². The molecule has 25 nitrogen and oxygen atoms in total. The Balaban J connectivity index is 0.936. The van der Waals surface area contributed by atoms with Gasteiger partial charge in [-0.15, -0.1) is 0 Å². The fourth-order valence-electron chi connectivity index (χ4n) is 15.4. The smallest absolute Gasteiger partial charge is 0.248 e. The van der Waals surface area contributed by atoms with E-state index in [4.69, 9.17) is 43.1 Å². The van der Waals surface area contributed by atoms with Crippen LogP contribution in [0.4, 0.5) is 0 Å². The topological polar surface area (TPSA) is 399 Å². The maximum atomic E-state index is 16.0. The van der Waals surface area contributed by atoms with Crippen molar-refractivity contribution in [3.8, 4) is 80.1 Å². The summed E-state index contributed by atoms with van der Waals surface area (Å²) in [5, 5.41) is 101. The number of hydrogen-bond acceptors (Lipinski definition) is 18. The molecule has 4 saturated carbocycles. The number of phenolic OH excluding ortho intramolecular Hbond substituents is 6. The summed E-state index contributed by atoms with van der Waals surface area (Å²) in [5.74, 6) is -11.6. The van der Waals surface area contributed by atoms with E-state index in [0.29, 0.717) is 23.3 Å². The number of fused-ring (bicyclic) bond motifs is 14. The van der Waals surface area contributed by atoms with E-state index in [9.17, 15) is 40.5 Å². The molecule has 0 saturated heterocycles. The zero-order valence-corrected chi connectivity index (χ0v) is 52.9. The molecular formula is C70H64Cl2N8O17. The summed E-state index contributed by atoms with van der Waals surface area (Å²) in [6, 6.07) is 9.40. The SMILES string of the molecule is CC(NC(=O)[C@H]1NC(=O)[C@H]2NC(=O)[C@H](NC(=O)[C@@H]3NC(=O)[C@H]4NC(=O)[C@@H](Cc5ccc(c(Cl)c5)Oc5cc3cc(c5O)Oc3ccc(cc3Cl)[C@H]2O)NC(=O)[C@@H](N)c2ccc(O)c(c2)Oc2cc(O)cc4c2)c2ccc(O)c(c2)-c2c(O)cc(O)cc21)C12CC3CC(CC(C3)C1)C2. The van der Waals surface area contributed by atoms with Crippen molar-refractivity contribution < 1.29 is 83.5 Å². The molecule has 500 valence electrons. The number of aliphatic hydroxyl groups excluding tert-OH is 1. The third-order valence-corrected chi connectivity index (χ3v) is 20.4. The number of rotatable bonds is 3. The number of nitrogens with one attached hydrogen (secondary N) is 7. The maximum absolute atomic E-state index is 16.0. The molecule has 6 aliphatic heterocycles. The number of benzene rings is 7. The molecule has 4 fully saturated rings. The van der Waals surface area contributed by atoms with Gasteiger partial charge in [0, 0.05) is 35.7 Å². The lowest BCUT2D eigenvalue weighted by Gasteiger charge is -2.59. The molecule has 17 rings (SSSR count). The van der Waals surface area contributed by atoms with E-state index in [1.165, 1.54) is 72.8 Å². The van der Waals surface area contributed by atoms with E-state index < -0.39 is 142 Å². The first-order valence-electron chi connectivity index (χ1n) is 31.4. The fourth-order valence-corrected chi connectivity index (χ4v) is 15.9. The van der Waals surface area contributed by atoms with E-state index in [2.05, 4.69) is 37.2 Å². The highest BCUT2D eigenvalue weighted by atomic mass is 35.5. The fraction of sp³-hybridized carbons (Fsp3) is 0.300. The molecule has 1 unspecified atom stereocenters. The first-order chi connectivity index (χ1) is 46.3. The third kappa shape index (κ3) is 12.1. The first kappa shape index (κ1) is 63.9. The molecular weight excluding hydrogens is 1300 g/mol. The van der Waals surface area contributed by atoms with Crippen LogP contribution in [0.5, 0.6) is 69.0 Å². The van der Waals surface area contributed by atoms with Crippen LogP contribution in [0.3, 0.4) is 0 Å². The lowest BCUT2D eigenvalue weighted by molar-refractivity contribution is -0.137. The predicted octanol–water partition coefficient (Wildman–Crippen LogP) is 7.62. The van der Waals surface area contributed by atoms with Gasteiger partial charge in [0.15, 0.2) is 23.0 Å². The second-order valence-electron chi connectivity index (χ2n) is 26.3. The molecule has 0 radical (unpaired) electrons. The van der Waals surface area contributed by atoms with E-state index in [-0.39, 0.29) is 89.4 Å². The Morgan fingerprint density at radius 3 is 1.76 bits per heavy atom. The average Bonchev–Trinajstić information content (AvgIpc) is 0.742. The summed E-state index contributed by atoms with van der Waals surface area (Å²) in [7, 11) is 0. The van der Waals surface area contributed by atoms with E-state index >= 15 is 28.8 Å². The molecule has 7 amide bonds. The summed E-state index contributed by atoms with van der Waals surface area (Å²) in [4.78, 5) is 107. The van der Waals surface area contributed by atoms with Crippen LogP contribution in [0.25, 0.3) is 11.1 Å². The Bertz CT molecular complexity index is 4480. The molecule has 10 aliphatic rings. The zero-order chi connectivity index (χ0) is 68.2. The van der Waals surface area contributed by atoms with Gasteiger partial charge in [-0.25, -0.2) is 0 Å². The molecule has 4 aliphatic carbocycles. The van der Waals surface area contributed by atoms with Crippen LogP contribution in [0, 0.1) is 23.2 Å². The number of aromatic hydroxyl groups is 6. The van der Waals surface area contributed by atoms with Crippen molar-refractivity contribution in [1.29, 1.82) is 0 Å². The van der Waals surface area contributed by atoms with Gasteiger partial charge in [-0.1, -0.05) is 47.5 Å². The number of phenols is 6. The first-order valence-corrected chi connectivity index (χ1v) is 32.2. The summed E-state index contributed by atoms with van der Waals surface area (Å²) >= 11 is 13.9. The van der Waals surface area contributed by atoms with Crippen LogP contribution in [0.1, 0.15) is 121 Å². The van der Waals surface area contributed by atoms with Gasteiger partial charge in [-0.2, -0.15) is 0 Å². The van der Waals surface area contributed by atoms with Gasteiger partial charge < -0.3 is 92.9 Å². The quantitative estimate of drug-likeness (QED) is 0.0808. The number of aliphatic hydroxyl groups is 1. The minimum absolute atomic E-state index is 0.111. The van der Waals surface area contributed by atoms with Gasteiger partial charge in [0.2, 0.25) is 47.1 Å². The van der Waals surface area contributed by atoms with Gasteiger partial charge in [0.1, 0.15) is 88.6 Å². The van der Waals surface area contributed by atoms with Crippen molar-refractivity contribution >= 4 is 64.6 Å². The number of nitrogens with two attached hydrogens (primary N) is 1. The number of amides is 7. The molecule has 0 aromatic heterocycles. The summed E-state index contributed by atoms with van der Waals surface area (Å²) in [5.41, 5.74) is 4.97. The number of hydrogen-bond donors (Lipinski definition) is 15. The number of carbonyl (C=O) groups is 7. The molecule has 27 heteroatoms. The Hall–Kier alpha value is -10.5. The Labute approximate surface area is 562 Å². The minimum atomic E-state index is -2.15. The van der Waals surface area contributed by atoms with Crippen LogP contribution in [0.2, 0.25) is 10.0 Å². The van der Waals surface area contributed by atoms with Gasteiger partial charge in [0.25, 0.3) is 0 Å². The second-order valence-corrected chi connectivity index (χ2v) is 27.1. The molecule has 0 spiro atoms. The van der Waals surface area contributed by atoms with Crippen molar-refractivity contribution in [1.82, 2.24) is 37.2 Å². The normalized spacial score (nSPS) is 26.8. The second kappa shape index (κ2) is 24.6. The van der Waals surface area contributed by atoms with Crippen molar-refractivity contribution in [2.45, 2.75) is 106 Å². The predicted molar refractivity (Wildman–Crippen MR) is 346 cm³/mol. The van der Waals surface area contributed by atoms with Crippen LogP contribution in [0.15, 0.2) is 115 Å². The average molecular weight is 1360 g/mol. The van der Waals surface area contributed by atoms with Crippen molar-refractivity contribution in [2.75, 3.05) is 0 Å². The molecule has 21 bridgehead atoms. The molecule has 7 aromatic rings. The van der Waals surface area contributed by atoms with Crippen molar-refractivity contribution in [3.05, 3.63) is 164 Å². The summed E-state index contributed by atoms with van der Waals surface area (Å²) in [6.07, 6.45) is 3.53. The standard InChI is InChI=1S/C70H64Cl2N8O17/c1-28(70-25-30-10-31(26-70)12-32(11-30)27-70)74-68(93)59-42-23-39(82)24-48(85)54(42)41-17-34(4-6-46(41)83)56-65(90)80-60(69(94)79-59)61(86)35-5-9-50(44(72)18-35)97-53-21-37-20-52(62(53)87)96-49-8-2-29(13-43(49)71)14-45-63(88)76-57(66(91)78-58(37)67(92)77-56)36-15-38(81)22-40(16-36)95-51-19-33(3-7-47(51)84)55(73)64(89)75-45/h2-9,13,15-24,28,30-32,45,55-61,81-87H,10-12,14,25-27,73H2,1H3,(H,74,93)(H,75,89)(H,76,88)(H,77,92)(H,78,91)(H,79,94)(H,80,90)/t28?,30?,31?,32?,45-,55+,56-,57+,58-,59+,60+,61-,70?/m1/s1. The van der Waals surface area contributed by atoms with Crippen LogP contribution < -0.4 is 57.2 Å². The largest absolute Gasteiger partial charge is 0.508 e. The minimum Gasteiger partial charge on any atom is -0.508 e. The molecule has 6 heterocycles. The van der Waals surface area contributed by atoms with E-state index in [1.807, 2.05) is 6.92 Å². The zero-order valence-electron chi connectivity index (χ0n) is 51.4. The third-order valence-electron chi connectivity index (χ3n) is 19.8. The highest BCUT2D eigenvalue weighted by Gasteiger charge is 2.54. The molecule has 7 aromatic carbocycles. The lowest BCUT2D eigenvalue weighted by Crippen LogP contribution is -2.58. The van der Waals surface area contributed by atoms with Crippen molar-refractivity contribution in [2.24, 2.45) is 28.9 Å². The Kier molecular flexibility index (Phi) is 16.2. The lowest BCUT2D eigenvalue weighted by atomic mass is 9.48. The van der Waals surface area contributed by atoms with Gasteiger partial charge in [-0.3, -0.25) is 33.6 Å². The molecule has 97 heavy (non-hydrogen) atoms. The monoisotopic (exact) mass is 1360 g/mol. The van der Waals surface area contributed by atoms with Crippen LogP contribution in [-0.2, 0) is 40.0 Å².